The molecule has 270 valence electrons. The van der Waals surface area contributed by atoms with Gasteiger partial charge in [-0.15, -0.1) is 0 Å². The van der Waals surface area contributed by atoms with Gasteiger partial charge in [0.15, 0.2) is 5.96 Å². The summed E-state index contributed by atoms with van der Waals surface area (Å²) in [6.07, 6.45) is 1.82. The number of H-pyrrole nitrogens is 1. The van der Waals surface area contributed by atoms with Crippen molar-refractivity contribution in [1.82, 2.24) is 26.3 Å². The minimum Gasteiger partial charge on any atom is -0.444 e. The maximum Gasteiger partial charge on any atom is 0.408 e. The highest BCUT2D eigenvalue weighted by Crippen LogP contribution is 2.20. The van der Waals surface area contributed by atoms with Crippen LogP contribution in [0.15, 0.2) is 96.1 Å². The van der Waals surface area contributed by atoms with Gasteiger partial charge in [-0.05, 0) is 56.4 Å². The standard InChI is InChI=1S/C38H48N8O5/c1-38(2,3)51-37(50)46-30(19-12-20-41-36(39)40)34(48)45-32(22-27-24-42-29-18-11-10-17-28(27)29)35(49)44-31(21-25-13-6-4-7-14-25)33(47)43-23-26-15-8-5-9-16-26/h4-11,13-18,24,30-32,42H,12,19-23H2,1-3H3,(H,43,47)(H,44,49)(H,45,48)(H,46,50)(H4,39,40,41)/t30-,31-,32-/m0/s1. The molecule has 0 bridgehead atoms. The molecular weight excluding hydrogens is 648 g/mol. The Labute approximate surface area is 298 Å². The van der Waals surface area contributed by atoms with E-state index in [9.17, 15) is 19.2 Å². The molecule has 0 radical (unpaired) electrons. The fourth-order valence-electron chi connectivity index (χ4n) is 5.46. The van der Waals surface area contributed by atoms with Crippen molar-refractivity contribution in [3.63, 3.8) is 0 Å². The number of nitrogens with two attached hydrogens (primary N) is 2. The van der Waals surface area contributed by atoms with Crippen molar-refractivity contribution in [2.45, 2.75) is 76.7 Å². The van der Waals surface area contributed by atoms with Crippen molar-refractivity contribution in [2.24, 2.45) is 16.5 Å². The summed E-state index contributed by atoms with van der Waals surface area (Å²) in [7, 11) is 0. The monoisotopic (exact) mass is 696 g/mol. The highest BCUT2D eigenvalue weighted by Gasteiger charge is 2.31. The molecule has 0 fully saturated rings. The van der Waals surface area contributed by atoms with Gasteiger partial charge < -0.3 is 42.5 Å². The largest absolute Gasteiger partial charge is 0.444 e. The fourth-order valence-corrected chi connectivity index (χ4v) is 5.46. The summed E-state index contributed by atoms with van der Waals surface area (Å²) >= 11 is 0. The minimum absolute atomic E-state index is 0.0931. The molecule has 13 nitrogen and oxygen atoms in total. The number of nitrogens with one attached hydrogen (secondary N) is 5. The van der Waals surface area contributed by atoms with Gasteiger partial charge in [0.2, 0.25) is 17.7 Å². The summed E-state index contributed by atoms with van der Waals surface area (Å²) in [5.74, 6) is -1.65. The summed E-state index contributed by atoms with van der Waals surface area (Å²) in [5, 5.41) is 12.2. The van der Waals surface area contributed by atoms with Gasteiger partial charge in [-0.3, -0.25) is 19.4 Å². The van der Waals surface area contributed by atoms with Crippen LogP contribution < -0.4 is 32.7 Å². The number of para-hydroxylation sites is 1. The Bertz CT molecular complexity index is 1780. The molecule has 9 N–H and O–H groups in total. The maximum atomic E-state index is 14.2. The van der Waals surface area contributed by atoms with Crippen LogP contribution in [-0.4, -0.2) is 65.0 Å². The Hall–Kier alpha value is -5.85. The lowest BCUT2D eigenvalue weighted by atomic mass is 10.0. The molecular formula is C38H48N8O5. The van der Waals surface area contributed by atoms with Gasteiger partial charge in [-0.2, -0.15) is 0 Å². The van der Waals surface area contributed by atoms with Crippen LogP contribution in [0.25, 0.3) is 10.9 Å². The van der Waals surface area contributed by atoms with Gasteiger partial charge in [0.25, 0.3) is 0 Å². The number of amides is 4. The summed E-state index contributed by atoms with van der Waals surface area (Å²) in [4.78, 5) is 61.7. The van der Waals surface area contributed by atoms with Crippen LogP contribution in [0, 0.1) is 0 Å². The molecule has 4 amide bonds. The highest BCUT2D eigenvalue weighted by molar-refractivity contribution is 5.95. The first-order chi connectivity index (χ1) is 24.4. The smallest absolute Gasteiger partial charge is 0.408 e. The van der Waals surface area contributed by atoms with Crippen molar-refractivity contribution in [1.29, 1.82) is 0 Å². The van der Waals surface area contributed by atoms with E-state index in [1.165, 1.54) is 0 Å². The first-order valence-corrected chi connectivity index (χ1v) is 16.9. The van der Waals surface area contributed by atoms with Crippen LogP contribution in [0.5, 0.6) is 0 Å². The lowest BCUT2D eigenvalue weighted by Crippen LogP contribution is -2.58. The number of guanidine groups is 1. The molecule has 51 heavy (non-hydrogen) atoms. The Morgan fingerprint density at radius 1 is 0.745 bits per heavy atom. The number of nitrogens with zero attached hydrogens (tertiary/aromatic N) is 1. The van der Waals surface area contributed by atoms with Crippen molar-refractivity contribution in [2.75, 3.05) is 6.54 Å². The van der Waals surface area contributed by atoms with Crippen molar-refractivity contribution in [3.05, 3.63) is 108 Å². The van der Waals surface area contributed by atoms with Gasteiger partial charge in [-0.1, -0.05) is 78.9 Å². The zero-order valence-electron chi connectivity index (χ0n) is 29.3. The lowest BCUT2D eigenvalue weighted by Gasteiger charge is -2.26. The Balaban J connectivity index is 1.60. The van der Waals surface area contributed by atoms with Crippen LogP contribution in [-0.2, 0) is 38.5 Å². The van der Waals surface area contributed by atoms with Crippen molar-refractivity contribution >= 4 is 40.7 Å². The van der Waals surface area contributed by atoms with E-state index in [1.54, 1.807) is 27.0 Å². The molecule has 4 aromatic rings. The Kier molecular flexibility index (Phi) is 13.6. The number of hydrogen-bond donors (Lipinski definition) is 7. The average Bonchev–Trinajstić information content (AvgIpc) is 3.50. The zero-order valence-corrected chi connectivity index (χ0v) is 29.3. The van der Waals surface area contributed by atoms with E-state index in [1.807, 2.05) is 84.9 Å². The number of hydrogen-bond acceptors (Lipinski definition) is 6. The van der Waals surface area contributed by atoms with E-state index >= 15 is 0 Å². The third-order valence-corrected chi connectivity index (χ3v) is 7.91. The van der Waals surface area contributed by atoms with Crippen molar-refractivity contribution in [3.8, 4) is 0 Å². The number of ether oxygens (including phenoxy) is 1. The molecule has 0 spiro atoms. The second kappa shape index (κ2) is 18.2. The molecule has 4 rings (SSSR count). The molecule has 1 aromatic heterocycles. The van der Waals surface area contributed by atoms with Gasteiger partial charge in [0, 0.05) is 43.0 Å². The molecule has 0 aliphatic rings. The van der Waals surface area contributed by atoms with Crippen LogP contribution in [0.1, 0.15) is 50.3 Å². The third kappa shape index (κ3) is 12.5. The van der Waals surface area contributed by atoms with Gasteiger partial charge in [-0.25, -0.2) is 4.79 Å². The first kappa shape index (κ1) is 38.0. The number of fused-ring (bicyclic) bond motifs is 1. The summed E-state index contributed by atoms with van der Waals surface area (Å²) in [5.41, 5.74) is 13.5. The Morgan fingerprint density at radius 3 is 1.98 bits per heavy atom. The summed E-state index contributed by atoms with van der Waals surface area (Å²) in [6, 6.07) is 23.3. The minimum atomic E-state index is -1.13. The lowest BCUT2D eigenvalue weighted by molar-refractivity contribution is -0.132. The molecule has 3 aromatic carbocycles. The number of benzene rings is 3. The Morgan fingerprint density at radius 2 is 1.33 bits per heavy atom. The molecule has 0 aliphatic heterocycles. The van der Waals surface area contributed by atoms with E-state index in [4.69, 9.17) is 16.2 Å². The van der Waals surface area contributed by atoms with Crippen LogP contribution >= 0.6 is 0 Å². The number of rotatable bonds is 16. The number of aliphatic imine (C=N–C) groups is 1. The van der Waals surface area contributed by atoms with E-state index in [0.29, 0.717) is 6.42 Å². The number of aromatic amines is 1. The molecule has 0 aliphatic carbocycles. The van der Waals surface area contributed by atoms with Gasteiger partial charge in [0.1, 0.15) is 23.7 Å². The number of alkyl carbamates (subject to hydrolysis) is 1. The maximum absolute atomic E-state index is 14.2. The fraction of sp³-hybridized carbons (Fsp3) is 0.342. The predicted octanol–water partition coefficient (Wildman–Crippen LogP) is 3.19. The highest BCUT2D eigenvalue weighted by atomic mass is 16.6. The molecule has 3 atom stereocenters. The van der Waals surface area contributed by atoms with Gasteiger partial charge in [0.05, 0.1) is 0 Å². The second-order valence-corrected chi connectivity index (χ2v) is 13.2. The average molecular weight is 697 g/mol. The van der Waals surface area contributed by atoms with Crippen molar-refractivity contribution < 1.29 is 23.9 Å². The summed E-state index contributed by atoms with van der Waals surface area (Å²) < 4.78 is 5.41. The molecule has 13 heteroatoms. The van der Waals surface area contributed by atoms with Gasteiger partial charge >= 0.3 is 6.09 Å². The number of carbonyl (C=O) groups excluding carboxylic acids is 4. The molecule has 0 saturated carbocycles. The molecule has 0 saturated heterocycles. The topological polar surface area (TPSA) is 206 Å². The second-order valence-electron chi connectivity index (χ2n) is 13.2. The zero-order chi connectivity index (χ0) is 36.8. The normalized spacial score (nSPS) is 12.9. The number of carbonyl (C=O) groups is 4. The molecule has 1 heterocycles. The van der Waals surface area contributed by atoms with Crippen LogP contribution in [0.3, 0.4) is 0 Å². The summed E-state index contributed by atoms with van der Waals surface area (Å²) in [6.45, 7) is 5.63. The van der Waals surface area contributed by atoms with E-state index in [2.05, 4.69) is 31.2 Å². The SMILES string of the molecule is CC(C)(C)OC(=O)N[C@@H](CCCN=C(N)N)C(=O)N[C@@H](Cc1c[nH]c2ccccc12)C(=O)N[C@@H](Cc1ccccc1)C(=O)NCc1ccccc1. The molecule has 0 unspecified atom stereocenters. The number of aromatic nitrogens is 1. The van der Waals surface area contributed by atoms with Crippen LogP contribution in [0.4, 0.5) is 4.79 Å². The quantitative estimate of drug-likeness (QED) is 0.0529. The van der Waals surface area contributed by atoms with E-state index in [-0.39, 0.29) is 44.2 Å². The predicted molar refractivity (Wildman–Crippen MR) is 197 cm³/mol. The third-order valence-electron chi connectivity index (χ3n) is 7.91. The van der Waals surface area contributed by atoms with E-state index in [0.717, 1.165) is 27.6 Å². The van der Waals surface area contributed by atoms with E-state index < -0.39 is 41.6 Å². The first-order valence-electron chi connectivity index (χ1n) is 16.9. The van der Waals surface area contributed by atoms with Crippen LogP contribution in [0.2, 0.25) is 0 Å².